The highest BCUT2D eigenvalue weighted by atomic mass is 32.2. The fourth-order valence-electron chi connectivity index (χ4n) is 2.55. The van der Waals surface area contributed by atoms with Crippen LogP contribution in [0.4, 0.5) is 0 Å². The Morgan fingerprint density at radius 1 is 1.11 bits per heavy atom. The lowest BCUT2D eigenvalue weighted by atomic mass is 10.1. The van der Waals surface area contributed by atoms with Gasteiger partial charge in [-0.2, -0.15) is 13.5 Å². The van der Waals surface area contributed by atoms with Gasteiger partial charge >= 0.3 is 0 Å². The van der Waals surface area contributed by atoms with Crippen LogP contribution in [0.3, 0.4) is 0 Å². The Balaban J connectivity index is 2.01. The molecule has 2 aromatic rings. The number of hydrogen-bond donors (Lipinski definition) is 0. The summed E-state index contributed by atoms with van der Waals surface area (Å²) in [4.78, 5) is 12.7. The Bertz CT molecular complexity index is 1120. The smallest absolute Gasteiger partial charge is 0.267 e. The molecule has 1 aliphatic rings. The van der Waals surface area contributed by atoms with Crippen LogP contribution in [0.1, 0.15) is 18.4 Å². The first-order valence-corrected chi connectivity index (χ1v) is 12.0. The maximum absolute atomic E-state index is 12.6. The third-order valence-corrected chi connectivity index (χ3v) is 5.86. The van der Waals surface area contributed by atoms with E-state index in [1.165, 1.54) is 22.9 Å². The fourth-order valence-corrected chi connectivity index (χ4v) is 3.52. The van der Waals surface area contributed by atoms with Gasteiger partial charge in [-0.05, 0) is 37.0 Å². The van der Waals surface area contributed by atoms with Crippen molar-refractivity contribution in [2.45, 2.75) is 30.9 Å². The Hall–Kier alpha value is -2.04. The van der Waals surface area contributed by atoms with E-state index in [0.717, 1.165) is 25.4 Å². The number of hydrogen-bond acceptors (Lipinski definition) is 7. The molecular formula is C17H20N2O6S2. The van der Waals surface area contributed by atoms with E-state index in [2.05, 4.69) is 5.10 Å². The van der Waals surface area contributed by atoms with E-state index < -0.39 is 20.0 Å². The number of benzene rings is 1. The van der Waals surface area contributed by atoms with Gasteiger partial charge in [0, 0.05) is 23.9 Å². The van der Waals surface area contributed by atoms with Gasteiger partial charge in [-0.25, -0.2) is 13.1 Å². The van der Waals surface area contributed by atoms with Crippen LogP contribution >= 0.6 is 0 Å². The normalized spacial score (nSPS) is 15.0. The molecule has 1 aromatic carbocycles. The lowest BCUT2D eigenvalue weighted by Gasteiger charge is -2.11. The molecule has 1 heterocycles. The molecular weight excluding hydrogens is 392 g/mol. The second kappa shape index (κ2) is 7.17. The van der Waals surface area contributed by atoms with Crippen molar-refractivity contribution in [3.63, 3.8) is 0 Å². The van der Waals surface area contributed by atoms with E-state index in [-0.39, 0.29) is 22.6 Å². The van der Waals surface area contributed by atoms with Crippen molar-refractivity contribution in [2.75, 3.05) is 12.5 Å². The van der Waals surface area contributed by atoms with Crippen molar-refractivity contribution in [1.82, 2.24) is 9.78 Å². The van der Waals surface area contributed by atoms with Crippen LogP contribution in [0.15, 0.2) is 40.0 Å². The molecule has 1 aliphatic carbocycles. The summed E-state index contributed by atoms with van der Waals surface area (Å²) in [5.74, 6) is 0.390. The van der Waals surface area contributed by atoms with Gasteiger partial charge in [0.25, 0.3) is 15.7 Å². The third-order valence-electron chi connectivity index (χ3n) is 4.18. The first-order chi connectivity index (χ1) is 12.5. The molecule has 0 radical (unpaired) electrons. The summed E-state index contributed by atoms with van der Waals surface area (Å²) in [6.45, 7) is 0.0826. The quantitative estimate of drug-likeness (QED) is 0.628. The highest BCUT2D eigenvalue weighted by Crippen LogP contribution is 2.30. The standard InChI is InChI=1S/C17H20N2O6S2/c1-26(21,22)15-7-5-13(6-8-15)16-9-14(11-25-27(2,23)24)17(20)19(18-16)10-12-3-4-12/h5-9,12H,3-4,10-11H2,1-2H3. The van der Waals surface area contributed by atoms with Gasteiger partial charge in [0.2, 0.25) is 0 Å². The molecule has 0 saturated heterocycles. The minimum atomic E-state index is -3.70. The summed E-state index contributed by atoms with van der Waals surface area (Å²) in [6.07, 6.45) is 4.09. The Labute approximate surface area is 157 Å². The average Bonchev–Trinajstić information content (AvgIpc) is 3.38. The summed E-state index contributed by atoms with van der Waals surface area (Å²) in [6, 6.07) is 7.62. The lowest BCUT2D eigenvalue weighted by Crippen LogP contribution is -2.28. The number of sulfone groups is 1. The van der Waals surface area contributed by atoms with Crippen molar-refractivity contribution < 1.29 is 21.0 Å². The van der Waals surface area contributed by atoms with E-state index in [1.807, 2.05) is 0 Å². The zero-order chi connectivity index (χ0) is 19.8. The largest absolute Gasteiger partial charge is 0.272 e. The van der Waals surface area contributed by atoms with Crippen molar-refractivity contribution in [2.24, 2.45) is 5.92 Å². The Kier molecular flexibility index (Phi) is 5.24. The maximum atomic E-state index is 12.6. The number of nitrogens with zero attached hydrogens (tertiary/aromatic N) is 2. The summed E-state index contributed by atoms with van der Waals surface area (Å²) in [7, 11) is -7.02. The average molecular weight is 412 g/mol. The van der Waals surface area contributed by atoms with Crippen LogP contribution in [0, 0.1) is 5.92 Å². The summed E-state index contributed by atoms with van der Waals surface area (Å²) in [5, 5.41) is 4.37. The van der Waals surface area contributed by atoms with Gasteiger partial charge in [-0.3, -0.25) is 8.98 Å². The summed E-state index contributed by atoms with van der Waals surface area (Å²) in [5.41, 5.74) is 0.857. The SMILES string of the molecule is CS(=O)(=O)OCc1cc(-c2ccc(S(C)(=O)=O)cc2)nn(CC2CC2)c1=O. The van der Waals surface area contributed by atoms with Crippen molar-refractivity contribution >= 4 is 20.0 Å². The first kappa shape index (κ1) is 19.7. The van der Waals surface area contributed by atoms with Crippen LogP contribution in [0.5, 0.6) is 0 Å². The zero-order valence-electron chi connectivity index (χ0n) is 15.0. The lowest BCUT2D eigenvalue weighted by molar-refractivity contribution is 0.308. The molecule has 1 aromatic heterocycles. The molecule has 0 atom stereocenters. The van der Waals surface area contributed by atoms with Crippen LogP contribution in [0.2, 0.25) is 0 Å². The molecule has 0 amide bonds. The van der Waals surface area contributed by atoms with E-state index >= 15 is 0 Å². The van der Waals surface area contributed by atoms with Crippen LogP contribution in [-0.4, -0.2) is 39.1 Å². The van der Waals surface area contributed by atoms with Crippen LogP contribution in [-0.2, 0) is 37.3 Å². The molecule has 27 heavy (non-hydrogen) atoms. The van der Waals surface area contributed by atoms with Gasteiger partial charge in [0.15, 0.2) is 9.84 Å². The van der Waals surface area contributed by atoms with Gasteiger partial charge < -0.3 is 0 Å². The number of rotatable bonds is 7. The monoisotopic (exact) mass is 412 g/mol. The minimum absolute atomic E-state index is 0.179. The molecule has 0 N–H and O–H groups in total. The topological polar surface area (TPSA) is 112 Å². The summed E-state index contributed by atoms with van der Waals surface area (Å²) >= 11 is 0. The maximum Gasteiger partial charge on any atom is 0.272 e. The molecule has 0 unspecified atom stereocenters. The van der Waals surface area contributed by atoms with Crippen molar-refractivity contribution in [1.29, 1.82) is 0 Å². The molecule has 8 nitrogen and oxygen atoms in total. The first-order valence-electron chi connectivity index (χ1n) is 8.29. The number of aromatic nitrogens is 2. The second-order valence-corrected chi connectivity index (χ2v) is 10.4. The molecule has 0 aliphatic heterocycles. The van der Waals surface area contributed by atoms with E-state index in [1.54, 1.807) is 12.1 Å². The highest BCUT2D eigenvalue weighted by molar-refractivity contribution is 7.90. The van der Waals surface area contributed by atoms with Gasteiger partial charge in [0.1, 0.15) is 0 Å². The molecule has 146 valence electrons. The van der Waals surface area contributed by atoms with Gasteiger partial charge in [-0.1, -0.05) is 12.1 Å². The molecule has 10 heteroatoms. The third kappa shape index (κ3) is 5.24. The molecule has 1 fully saturated rings. The van der Waals surface area contributed by atoms with Gasteiger partial charge in [-0.15, -0.1) is 0 Å². The summed E-state index contributed by atoms with van der Waals surface area (Å²) < 4.78 is 51.9. The Morgan fingerprint density at radius 3 is 2.26 bits per heavy atom. The van der Waals surface area contributed by atoms with Crippen LogP contribution < -0.4 is 5.56 Å². The predicted octanol–water partition coefficient (Wildman–Crippen LogP) is 1.20. The van der Waals surface area contributed by atoms with Gasteiger partial charge in [0.05, 0.1) is 23.5 Å². The predicted molar refractivity (Wildman–Crippen MR) is 99.4 cm³/mol. The molecule has 1 saturated carbocycles. The minimum Gasteiger partial charge on any atom is -0.267 e. The Morgan fingerprint density at radius 2 is 1.74 bits per heavy atom. The van der Waals surface area contributed by atoms with Crippen molar-refractivity contribution in [3.8, 4) is 11.3 Å². The molecule has 0 bridgehead atoms. The second-order valence-electron chi connectivity index (χ2n) is 6.75. The fraction of sp³-hybridized carbons (Fsp3) is 0.412. The molecule has 0 spiro atoms. The van der Waals surface area contributed by atoms with Crippen molar-refractivity contribution in [3.05, 3.63) is 46.2 Å². The van der Waals surface area contributed by atoms with Crippen LogP contribution in [0.25, 0.3) is 11.3 Å². The van der Waals surface area contributed by atoms with E-state index in [9.17, 15) is 21.6 Å². The van der Waals surface area contributed by atoms with E-state index in [0.29, 0.717) is 23.7 Å². The zero-order valence-corrected chi connectivity index (χ0v) is 16.6. The highest BCUT2D eigenvalue weighted by Gasteiger charge is 2.24. The molecule has 3 rings (SSSR count). The van der Waals surface area contributed by atoms with E-state index in [4.69, 9.17) is 4.18 Å².